The van der Waals surface area contributed by atoms with Crippen LogP contribution in [0.2, 0.25) is 10.2 Å². The molecule has 1 heterocycles. The molecule has 0 unspecified atom stereocenters. The van der Waals surface area contributed by atoms with Crippen LogP contribution in [0.4, 0.5) is 0 Å². The molecule has 0 bridgehead atoms. The number of nitrogens with one attached hydrogen (secondary N) is 1. The van der Waals surface area contributed by atoms with E-state index in [0.29, 0.717) is 0 Å². The molecule has 20 heavy (non-hydrogen) atoms. The Balaban J connectivity index is 2.20. The summed E-state index contributed by atoms with van der Waals surface area (Å²) in [4.78, 5) is 16.0. The molecule has 1 atom stereocenters. The third-order valence-corrected chi connectivity index (χ3v) is 3.26. The van der Waals surface area contributed by atoms with Crippen LogP contribution >= 0.6 is 23.2 Å². The summed E-state index contributed by atoms with van der Waals surface area (Å²) in [6, 6.07) is 10.1. The van der Waals surface area contributed by atoms with Gasteiger partial charge < -0.3 is 10.4 Å². The maximum Gasteiger partial charge on any atom is 0.253 e. The Morgan fingerprint density at radius 2 is 2.00 bits per heavy atom. The molecule has 104 valence electrons. The van der Waals surface area contributed by atoms with Gasteiger partial charge in [-0.3, -0.25) is 4.79 Å². The number of pyridine rings is 1. The molecule has 0 fully saturated rings. The fourth-order valence-corrected chi connectivity index (χ4v) is 2.09. The van der Waals surface area contributed by atoms with Crippen LogP contribution in [0.25, 0.3) is 0 Å². The van der Waals surface area contributed by atoms with Gasteiger partial charge in [0.05, 0.1) is 23.2 Å². The minimum Gasteiger partial charge on any atom is -0.394 e. The SMILES string of the molecule is O=C(N[C@@H](CO)c1ccccc1)c1cc(Cl)ncc1Cl. The second kappa shape index (κ2) is 6.70. The van der Waals surface area contributed by atoms with Crippen LogP contribution in [-0.4, -0.2) is 22.6 Å². The highest BCUT2D eigenvalue weighted by molar-refractivity contribution is 6.35. The number of benzene rings is 1. The maximum atomic E-state index is 12.2. The van der Waals surface area contributed by atoms with E-state index in [0.717, 1.165) is 5.56 Å². The number of aromatic nitrogens is 1. The zero-order valence-corrected chi connectivity index (χ0v) is 11.9. The number of halogens is 2. The van der Waals surface area contributed by atoms with Crippen LogP contribution in [0.1, 0.15) is 22.0 Å². The largest absolute Gasteiger partial charge is 0.394 e. The van der Waals surface area contributed by atoms with Crippen LogP contribution in [0.3, 0.4) is 0 Å². The van der Waals surface area contributed by atoms with Gasteiger partial charge >= 0.3 is 0 Å². The van der Waals surface area contributed by atoms with Gasteiger partial charge in [-0.05, 0) is 11.6 Å². The van der Waals surface area contributed by atoms with Gasteiger partial charge in [0, 0.05) is 6.20 Å². The highest BCUT2D eigenvalue weighted by Crippen LogP contribution is 2.19. The van der Waals surface area contributed by atoms with E-state index in [2.05, 4.69) is 10.3 Å². The monoisotopic (exact) mass is 310 g/mol. The summed E-state index contributed by atoms with van der Waals surface area (Å²) in [5.41, 5.74) is 1.03. The van der Waals surface area contributed by atoms with Crippen molar-refractivity contribution in [2.24, 2.45) is 0 Å². The van der Waals surface area contributed by atoms with E-state index in [-0.39, 0.29) is 22.3 Å². The quantitative estimate of drug-likeness (QED) is 0.854. The number of hydrogen-bond donors (Lipinski definition) is 2. The number of nitrogens with zero attached hydrogens (tertiary/aromatic N) is 1. The van der Waals surface area contributed by atoms with Crippen molar-refractivity contribution in [2.75, 3.05) is 6.61 Å². The van der Waals surface area contributed by atoms with E-state index in [1.54, 1.807) is 0 Å². The topological polar surface area (TPSA) is 62.2 Å². The molecule has 0 radical (unpaired) electrons. The Labute approximate surface area is 126 Å². The average Bonchev–Trinajstić information content (AvgIpc) is 2.48. The molecule has 4 nitrogen and oxygen atoms in total. The first-order valence-corrected chi connectivity index (χ1v) is 6.65. The number of hydrogen-bond acceptors (Lipinski definition) is 3. The zero-order chi connectivity index (χ0) is 14.5. The average molecular weight is 311 g/mol. The Bertz CT molecular complexity index is 605. The number of aliphatic hydroxyl groups excluding tert-OH is 1. The third kappa shape index (κ3) is 3.48. The molecule has 0 aliphatic carbocycles. The summed E-state index contributed by atoms with van der Waals surface area (Å²) in [6.07, 6.45) is 1.31. The summed E-state index contributed by atoms with van der Waals surface area (Å²) >= 11 is 11.7. The normalized spacial score (nSPS) is 11.9. The Morgan fingerprint density at radius 1 is 1.30 bits per heavy atom. The Kier molecular flexibility index (Phi) is 4.95. The lowest BCUT2D eigenvalue weighted by Gasteiger charge is -2.17. The minimum atomic E-state index is -0.508. The van der Waals surface area contributed by atoms with Crippen molar-refractivity contribution in [2.45, 2.75) is 6.04 Å². The van der Waals surface area contributed by atoms with Gasteiger partial charge in [0.1, 0.15) is 5.15 Å². The van der Waals surface area contributed by atoms with Crippen molar-refractivity contribution in [3.05, 3.63) is 63.9 Å². The first-order valence-electron chi connectivity index (χ1n) is 5.89. The lowest BCUT2D eigenvalue weighted by molar-refractivity contribution is 0.0916. The van der Waals surface area contributed by atoms with Gasteiger partial charge in [-0.1, -0.05) is 53.5 Å². The van der Waals surface area contributed by atoms with E-state index < -0.39 is 11.9 Å². The van der Waals surface area contributed by atoms with Gasteiger partial charge in [-0.2, -0.15) is 0 Å². The zero-order valence-electron chi connectivity index (χ0n) is 10.4. The summed E-state index contributed by atoms with van der Waals surface area (Å²) in [7, 11) is 0. The molecule has 0 aliphatic heterocycles. The van der Waals surface area contributed by atoms with Crippen molar-refractivity contribution >= 4 is 29.1 Å². The van der Waals surface area contributed by atoms with Crippen molar-refractivity contribution in [3.8, 4) is 0 Å². The molecule has 0 aliphatic rings. The fraction of sp³-hybridized carbons (Fsp3) is 0.143. The predicted molar refractivity (Wildman–Crippen MR) is 78.0 cm³/mol. The highest BCUT2D eigenvalue weighted by atomic mass is 35.5. The minimum absolute atomic E-state index is 0.180. The van der Waals surface area contributed by atoms with Crippen molar-refractivity contribution in [3.63, 3.8) is 0 Å². The molecule has 0 saturated heterocycles. The predicted octanol–water partition coefficient (Wildman–Crippen LogP) is 2.85. The molecule has 1 aromatic carbocycles. The molecular formula is C14H12Cl2N2O2. The molecular weight excluding hydrogens is 299 g/mol. The number of aliphatic hydroxyl groups is 1. The summed E-state index contributed by atoms with van der Waals surface area (Å²) in [6.45, 7) is -0.216. The van der Waals surface area contributed by atoms with Gasteiger partial charge in [0.25, 0.3) is 5.91 Å². The highest BCUT2D eigenvalue weighted by Gasteiger charge is 2.17. The van der Waals surface area contributed by atoms with Crippen LogP contribution < -0.4 is 5.32 Å². The molecule has 6 heteroatoms. The summed E-state index contributed by atoms with van der Waals surface area (Å²) in [5.74, 6) is -0.415. The molecule has 0 saturated carbocycles. The molecule has 2 N–H and O–H groups in total. The first kappa shape index (κ1) is 14.8. The number of carbonyl (C=O) groups is 1. The van der Waals surface area contributed by atoms with Gasteiger partial charge in [0.2, 0.25) is 0 Å². The van der Waals surface area contributed by atoms with E-state index in [4.69, 9.17) is 23.2 Å². The van der Waals surface area contributed by atoms with Crippen molar-refractivity contribution in [1.82, 2.24) is 10.3 Å². The third-order valence-electron chi connectivity index (χ3n) is 2.76. The molecule has 1 aromatic heterocycles. The number of rotatable bonds is 4. The summed E-state index contributed by atoms with van der Waals surface area (Å²) in [5, 5.41) is 12.5. The lowest BCUT2D eigenvalue weighted by atomic mass is 10.1. The number of amides is 1. The maximum absolute atomic E-state index is 12.2. The molecule has 1 amide bonds. The van der Waals surface area contributed by atoms with Crippen LogP contribution in [-0.2, 0) is 0 Å². The van der Waals surface area contributed by atoms with Crippen LogP contribution in [0.15, 0.2) is 42.6 Å². The second-order valence-electron chi connectivity index (χ2n) is 4.11. The lowest BCUT2D eigenvalue weighted by Crippen LogP contribution is -2.31. The van der Waals surface area contributed by atoms with Gasteiger partial charge in [-0.25, -0.2) is 4.98 Å². The summed E-state index contributed by atoms with van der Waals surface area (Å²) < 4.78 is 0. The Morgan fingerprint density at radius 3 is 2.65 bits per heavy atom. The van der Waals surface area contributed by atoms with E-state index in [1.807, 2.05) is 30.3 Å². The van der Waals surface area contributed by atoms with Crippen LogP contribution in [0, 0.1) is 0 Å². The van der Waals surface area contributed by atoms with E-state index >= 15 is 0 Å². The number of carbonyl (C=O) groups excluding carboxylic acids is 1. The van der Waals surface area contributed by atoms with Crippen LogP contribution in [0.5, 0.6) is 0 Å². The Hall–Kier alpha value is -1.62. The smallest absolute Gasteiger partial charge is 0.253 e. The standard InChI is InChI=1S/C14H12Cl2N2O2/c15-11-7-17-13(16)6-10(11)14(20)18-12(8-19)9-4-2-1-3-5-9/h1-7,12,19H,8H2,(H,18,20)/t12-/m0/s1. The van der Waals surface area contributed by atoms with E-state index in [9.17, 15) is 9.90 Å². The first-order chi connectivity index (χ1) is 9.61. The molecule has 2 rings (SSSR count). The van der Waals surface area contributed by atoms with Gasteiger partial charge in [-0.15, -0.1) is 0 Å². The van der Waals surface area contributed by atoms with Crippen molar-refractivity contribution < 1.29 is 9.90 Å². The second-order valence-corrected chi connectivity index (χ2v) is 4.90. The van der Waals surface area contributed by atoms with Crippen molar-refractivity contribution in [1.29, 1.82) is 0 Å². The van der Waals surface area contributed by atoms with E-state index in [1.165, 1.54) is 12.3 Å². The molecule has 2 aromatic rings. The molecule has 0 spiro atoms. The van der Waals surface area contributed by atoms with Gasteiger partial charge in [0.15, 0.2) is 0 Å². The fourth-order valence-electron chi connectivity index (χ4n) is 1.74.